The van der Waals surface area contributed by atoms with Crippen LogP contribution in [0.1, 0.15) is 27.2 Å². The Kier molecular flexibility index (Phi) is 9.77. The highest BCUT2D eigenvalue weighted by atomic mass is 16.5. The number of aliphatic hydroxyl groups is 1. The Bertz CT molecular complexity index is 249. The summed E-state index contributed by atoms with van der Waals surface area (Å²) in [7, 11) is 1.60. The van der Waals surface area contributed by atoms with Crippen LogP contribution in [0.3, 0.4) is 0 Å². The van der Waals surface area contributed by atoms with Crippen LogP contribution in [0.25, 0.3) is 0 Å². The molecule has 0 aliphatic carbocycles. The van der Waals surface area contributed by atoms with E-state index in [1.165, 1.54) is 0 Å². The lowest BCUT2D eigenvalue weighted by Gasteiger charge is -2.29. The minimum absolute atomic E-state index is 0.0637. The van der Waals surface area contributed by atoms with Gasteiger partial charge in [0.25, 0.3) is 0 Å². The third kappa shape index (κ3) is 8.93. The van der Waals surface area contributed by atoms with Crippen molar-refractivity contribution in [1.29, 1.82) is 0 Å². The molecule has 0 amide bonds. The maximum Gasteiger partial charge on any atom is 0.304 e. The number of nitrogens with zero attached hydrogens (tertiary/aromatic N) is 1. The van der Waals surface area contributed by atoms with E-state index in [-0.39, 0.29) is 25.2 Å². The first-order valence-electron chi connectivity index (χ1n) is 6.65. The zero-order valence-corrected chi connectivity index (χ0v) is 12.3. The molecule has 0 rings (SSSR count). The SMILES string of the molecule is CCN(CC(O)COC(C)COC)C(C)CC(=O)O. The van der Waals surface area contributed by atoms with Gasteiger partial charge in [-0.1, -0.05) is 6.92 Å². The maximum atomic E-state index is 10.7. The first kappa shape index (κ1) is 18.3. The summed E-state index contributed by atoms with van der Waals surface area (Å²) in [5, 5.41) is 18.7. The number of methoxy groups -OCH3 is 1. The van der Waals surface area contributed by atoms with Crippen LogP contribution >= 0.6 is 0 Å². The Balaban J connectivity index is 4.05. The Hall–Kier alpha value is -0.690. The molecule has 0 aromatic heterocycles. The van der Waals surface area contributed by atoms with Crippen molar-refractivity contribution in [3.05, 3.63) is 0 Å². The molecule has 0 fully saturated rings. The Labute approximate surface area is 115 Å². The topological polar surface area (TPSA) is 79.2 Å². The van der Waals surface area contributed by atoms with Gasteiger partial charge < -0.3 is 19.7 Å². The third-order valence-electron chi connectivity index (χ3n) is 2.92. The van der Waals surface area contributed by atoms with Crippen molar-refractivity contribution in [2.24, 2.45) is 0 Å². The monoisotopic (exact) mass is 277 g/mol. The third-order valence-corrected chi connectivity index (χ3v) is 2.92. The van der Waals surface area contributed by atoms with Crippen molar-refractivity contribution in [2.45, 2.75) is 45.4 Å². The number of carboxylic acid groups (broad SMARTS) is 1. The number of aliphatic hydroxyl groups excluding tert-OH is 1. The Morgan fingerprint density at radius 3 is 2.42 bits per heavy atom. The van der Waals surface area contributed by atoms with E-state index in [1.54, 1.807) is 7.11 Å². The van der Waals surface area contributed by atoms with Gasteiger partial charge in [0.15, 0.2) is 0 Å². The van der Waals surface area contributed by atoms with Gasteiger partial charge in [0.05, 0.1) is 31.8 Å². The van der Waals surface area contributed by atoms with Crippen molar-refractivity contribution in [3.63, 3.8) is 0 Å². The van der Waals surface area contributed by atoms with Gasteiger partial charge in [0, 0.05) is 19.7 Å². The quantitative estimate of drug-likeness (QED) is 0.575. The minimum atomic E-state index is -0.828. The number of carbonyl (C=O) groups is 1. The second-order valence-corrected chi connectivity index (χ2v) is 4.79. The summed E-state index contributed by atoms with van der Waals surface area (Å²) in [5.74, 6) is -0.828. The van der Waals surface area contributed by atoms with E-state index < -0.39 is 12.1 Å². The predicted octanol–water partition coefficient (Wildman–Crippen LogP) is 0.584. The molecule has 0 saturated carbocycles. The number of carboxylic acids is 1. The van der Waals surface area contributed by atoms with E-state index in [4.69, 9.17) is 14.6 Å². The van der Waals surface area contributed by atoms with Crippen LogP contribution < -0.4 is 0 Å². The first-order chi connectivity index (χ1) is 8.90. The summed E-state index contributed by atoms with van der Waals surface area (Å²) < 4.78 is 10.4. The van der Waals surface area contributed by atoms with Crippen LogP contribution in [-0.4, -0.2) is 72.7 Å². The highest BCUT2D eigenvalue weighted by Gasteiger charge is 2.19. The van der Waals surface area contributed by atoms with Gasteiger partial charge >= 0.3 is 5.97 Å². The molecule has 6 heteroatoms. The number of rotatable bonds is 11. The number of ether oxygens (including phenoxy) is 2. The summed E-state index contributed by atoms with van der Waals surface area (Å²) >= 11 is 0. The van der Waals surface area contributed by atoms with E-state index in [1.807, 2.05) is 25.7 Å². The molecule has 0 aliphatic heterocycles. The predicted molar refractivity (Wildman–Crippen MR) is 72.3 cm³/mol. The molecular weight excluding hydrogens is 250 g/mol. The van der Waals surface area contributed by atoms with Gasteiger partial charge in [-0.3, -0.25) is 9.69 Å². The van der Waals surface area contributed by atoms with Crippen molar-refractivity contribution >= 4 is 5.97 Å². The van der Waals surface area contributed by atoms with Crippen LogP contribution in [0.15, 0.2) is 0 Å². The van der Waals surface area contributed by atoms with E-state index in [2.05, 4.69) is 0 Å². The van der Waals surface area contributed by atoms with Gasteiger partial charge in [-0.25, -0.2) is 0 Å². The summed E-state index contributed by atoms with van der Waals surface area (Å²) in [5.41, 5.74) is 0. The smallest absolute Gasteiger partial charge is 0.304 e. The average molecular weight is 277 g/mol. The molecule has 0 aromatic rings. The lowest BCUT2D eigenvalue weighted by atomic mass is 10.2. The molecule has 0 aromatic carbocycles. The Morgan fingerprint density at radius 1 is 1.32 bits per heavy atom. The van der Waals surface area contributed by atoms with E-state index in [0.29, 0.717) is 19.7 Å². The van der Waals surface area contributed by atoms with Crippen molar-refractivity contribution in [3.8, 4) is 0 Å². The molecule has 114 valence electrons. The molecule has 19 heavy (non-hydrogen) atoms. The van der Waals surface area contributed by atoms with Crippen LogP contribution in [0, 0.1) is 0 Å². The average Bonchev–Trinajstić information content (AvgIpc) is 2.32. The second kappa shape index (κ2) is 10.1. The van der Waals surface area contributed by atoms with Gasteiger partial charge in [-0.05, 0) is 20.4 Å². The number of hydrogen-bond donors (Lipinski definition) is 2. The largest absolute Gasteiger partial charge is 0.481 e. The van der Waals surface area contributed by atoms with Crippen LogP contribution in [-0.2, 0) is 14.3 Å². The standard InChI is InChI=1S/C13H27NO5/c1-5-14(10(2)6-13(16)17)7-12(15)9-19-11(3)8-18-4/h10-12,15H,5-9H2,1-4H3,(H,16,17). The molecule has 6 nitrogen and oxygen atoms in total. The lowest BCUT2D eigenvalue weighted by molar-refractivity contribution is -0.138. The lowest BCUT2D eigenvalue weighted by Crippen LogP contribution is -2.41. The molecule has 0 bridgehead atoms. The van der Waals surface area contributed by atoms with E-state index in [0.717, 1.165) is 0 Å². The molecule has 0 radical (unpaired) electrons. The molecular formula is C13H27NO5. The van der Waals surface area contributed by atoms with Crippen molar-refractivity contribution in [2.75, 3.05) is 33.4 Å². The van der Waals surface area contributed by atoms with E-state index >= 15 is 0 Å². The zero-order valence-electron chi connectivity index (χ0n) is 12.3. The zero-order chi connectivity index (χ0) is 14.8. The fourth-order valence-electron chi connectivity index (χ4n) is 1.88. The summed E-state index contributed by atoms with van der Waals surface area (Å²) in [4.78, 5) is 12.6. The van der Waals surface area contributed by atoms with Crippen LogP contribution in [0.2, 0.25) is 0 Å². The Morgan fingerprint density at radius 2 is 1.95 bits per heavy atom. The summed E-state index contributed by atoms with van der Waals surface area (Å²) in [6, 6.07) is -0.103. The number of likely N-dealkylation sites (N-methyl/N-ethyl adjacent to an activating group) is 1. The molecule has 0 saturated heterocycles. The molecule has 0 aliphatic rings. The number of hydrogen-bond acceptors (Lipinski definition) is 5. The fourth-order valence-corrected chi connectivity index (χ4v) is 1.88. The van der Waals surface area contributed by atoms with E-state index in [9.17, 15) is 9.90 Å². The van der Waals surface area contributed by atoms with Gasteiger partial charge in [-0.2, -0.15) is 0 Å². The van der Waals surface area contributed by atoms with Crippen molar-refractivity contribution < 1.29 is 24.5 Å². The summed E-state index contributed by atoms with van der Waals surface area (Å²) in [6.07, 6.45) is -0.622. The van der Waals surface area contributed by atoms with Gasteiger partial charge in [0.2, 0.25) is 0 Å². The molecule has 0 spiro atoms. The van der Waals surface area contributed by atoms with Gasteiger partial charge in [-0.15, -0.1) is 0 Å². The van der Waals surface area contributed by atoms with Gasteiger partial charge in [0.1, 0.15) is 0 Å². The maximum absolute atomic E-state index is 10.7. The summed E-state index contributed by atoms with van der Waals surface area (Å²) in [6.45, 7) is 7.48. The highest BCUT2D eigenvalue weighted by Crippen LogP contribution is 2.06. The highest BCUT2D eigenvalue weighted by molar-refractivity contribution is 5.67. The number of aliphatic carboxylic acids is 1. The first-order valence-corrected chi connectivity index (χ1v) is 6.65. The van der Waals surface area contributed by atoms with Crippen LogP contribution in [0.4, 0.5) is 0 Å². The fraction of sp³-hybridized carbons (Fsp3) is 0.923. The van der Waals surface area contributed by atoms with Crippen molar-refractivity contribution in [1.82, 2.24) is 4.90 Å². The van der Waals surface area contributed by atoms with Crippen LogP contribution in [0.5, 0.6) is 0 Å². The molecule has 3 atom stereocenters. The second-order valence-electron chi connectivity index (χ2n) is 4.79. The molecule has 2 N–H and O–H groups in total. The normalized spacial score (nSPS) is 16.3. The minimum Gasteiger partial charge on any atom is -0.481 e. The molecule has 0 heterocycles. The molecule has 3 unspecified atom stereocenters.